The molecule has 282 valence electrons. The minimum Gasteiger partial charge on any atom is -0.462 e. The van der Waals surface area contributed by atoms with Gasteiger partial charge >= 0.3 is 29.8 Å². The Kier molecular flexibility index (Phi) is 11.2. The first kappa shape index (κ1) is 39.2. The summed E-state index contributed by atoms with van der Waals surface area (Å²) >= 11 is 0. The summed E-state index contributed by atoms with van der Waals surface area (Å²) in [6.45, 7) is 15.0. The number of rotatable bonds is 9. The van der Waals surface area contributed by atoms with Crippen LogP contribution in [-0.4, -0.2) is 71.1 Å². The average molecular weight is 729 g/mol. The van der Waals surface area contributed by atoms with E-state index in [4.69, 9.17) is 23.7 Å². The molecule has 0 amide bonds. The van der Waals surface area contributed by atoms with E-state index in [1.807, 2.05) is 30.3 Å². The molecular formula is C42H48O11. The third kappa shape index (κ3) is 7.71. The molecule has 53 heavy (non-hydrogen) atoms. The van der Waals surface area contributed by atoms with Crippen LogP contribution in [0.25, 0.3) is 6.08 Å². The van der Waals surface area contributed by atoms with Crippen molar-refractivity contribution in [3.8, 4) is 0 Å². The molecule has 0 aromatic heterocycles. The number of esters is 5. The van der Waals surface area contributed by atoms with Crippen molar-refractivity contribution in [3.05, 3.63) is 101 Å². The van der Waals surface area contributed by atoms with Gasteiger partial charge in [-0.3, -0.25) is 14.4 Å². The first-order valence-electron chi connectivity index (χ1n) is 17.7. The summed E-state index contributed by atoms with van der Waals surface area (Å²) < 4.78 is 30.4. The van der Waals surface area contributed by atoms with Crippen molar-refractivity contribution in [1.29, 1.82) is 0 Å². The Morgan fingerprint density at radius 1 is 0.811 bits per heavy atom. The summed E-state index contributed by atoms with van der Waals surface area (Å²) in [6, 6.07) is 17.5. The molecule has 0 spiro atoms. The van der Waals surface area contributed by atoms with Crippen LogP contribution in [-0.2, 0) is 42.9 Å². The summed E-state index contributed by atoms with van der Waals surface area (Å²) in [4.78, 5) is 65.6. The van der Waals surface area contributed by atoms with Crippen LogP contribution in [0.3, 0.4) is 0 Å². The number of hydrogen-bond acceptors (Lipinski definition) is 11. The predicted molar refractivity (Wildman–Crippen MR) is 194 cm³/mol. The highest BCUT2D eigenvalue weighted by Crippen LogP contribution is 2.65. The molecule has 11 nitrogen and oxygen atoms in total. The zero-order valence-corrected chi connectivity index (χ0v) is 31.3. The van der Waals surface area contributed by atoms with Crippen LogP contribution in [0.4, 0.5) is 0 Å². The van der Waals surface area contributed by atoms with Crippen molar-refractivity contribution < 1.29 is 52.8 Å². The van der Waals surface area contributed by atoms with Gasteiger partial charge in [0, 0.05) is 45.1 Å². The van der Waals surface area contributed by atoms with Crippen LogP contribution in [0.2, 0.25) is 0 Å². The molecule has 1 unspecified atom stereocenters. The summed E-state index contributed by atoms with van der Waals surface area (Å²) in [5, 5.41) is 12.3. The Morgan fingerprint density at radius 3 is 1.96 bits per heavy atom. The lowest BCUT2D eigenvalue weighted by Gasteiger charge is -2.53. The minimum atomic E-state index is -1.57. The second kappa shape index (κ2) is 15.1. The third-order valence-electron chi connectivity index (χ3n) is 11.2. The molecule has 8 atom stereocenters. The van der Waals surface area contributed by atoms with Gasteiger partial charge in [0.05, 0.1) is 16.6 Å². The Labute approximate surface area is 310 Å². The van der Waals surface area contributed by atoms with Gasteiger partial charge in [-0.1, -0.05) is 62.0 Å². The van der Waals surface area contributed by atoms with E-state index in [9.17, 15) is 29.1 Å². The number of fused-ring (bicyclic) bond motifs is 2. The Balaban J connectivity index is 1.72. The van der Waals surface area contributed by atoms with Crippen LogP contribution in [0.1, 0.15) is 83.7 Å². The van der Waals surface area contributed by atoms with E-state index in [1.165, 1.54) is 26.8 Å². The molecular weight excluding hydrogens is 680 g/mol. The lowest BCUT2D eigenvalue weighted by atomic mass is 9.56. The lowest BCUT2D eigenvalue weighted by Crippen LogP contribution is -2.60. The van der Waals surface area contributed by atoms with E-state index in [-0.39, 0.29) is 24.8 Å². The molecule has 0 radical (unpaired) electrons. The van der Waals surface area contributed by atoms with Crippen LogP contribution in [0, 0.1) is 16.7 Å². The molecule has 2 saturated carbocycles. The molecule has 0 aliphatic heterocycles. The normalized spacial score (nSPS) is 29.7. The van der Waals surface area contributed by atoms with Gasteiger partial charge in [0.25, 0.3) is 0 Å². The van der Waals surface area contributed by atoms with E-state index >= 15 is 0 Å². The SMILES string of the molecule is C=C1C2C[C@]3(C(C)(C)O)C[C@H](OC(C)=O)C(C)=C3[C@@H](OC(=O)c3ccccc3)[C@H](OC(C)=O)[C@]2(C)[C@@H](OC(C)=O)C[C@@H]1OC(=O)C=Cc1ccccc1. The molecule has 5 rings (SSSR count). The summed E-state index contributed by atoms with van der Waals surface area (Å²) in [5.74, 6) is -4.06. The van der Waals surface area contributed by atoms with E-state index in [2.05, 4.69) is 6.58 Å². The zero-order chi connectivity index (χ0) is 38.9. The summed E-state index contributed by atoms with van der Waals surface area (Å²) in [6.07, 6.45) is -2.48. The highest BCUT2D eigenvalue weighted by Gasteiger charge is 2.69. The summed E-state index contributed by atoms with van der Waals surface area (Å²) in [5.41, 5.74) is -1.82. The lowest BCUT2D eigenvalue weighted by molar-refractivity contribution is -0.197. The number of hydrogen-bond donors (Lipinski definition) is 1. The van der Waals surface area contributed by atoms with Crippen molar-refractivity contribution in [2.24, 2.45) is 16.7 Å². The maximum absolute atomic E-state index is 14.0. The number of benzene rings is 2. The quantitative estimate of drug-likeness (QED) is 0.138. The van der Waals surface area contributed by atoms with Crippen molar-refractivity contribution in [3.63, 3.8) is 0 Å². The molecule has 3 aliphatic rings. The number of carbonyl (C=O) groups is 5. The third-order valence-corrected chi connectivity index (χ3v) is 11.2. The van der Waals surface area contributed by atoms with Crippen molar-refractivity contribution >= 4 is 35.9 Å². The minimum absolute atomic E-state index is 0.0446. The van der Waals surface area contributed by atoms with Gasteiger partial charge < -0.3 is 28.8 Å². The van der Waals surface area contributed by atoms with Crippen LogP contribution in [0.15, 0.2) is 90.0 Å². The van der Waals surface area contributed by atoms with Gasteiger partial charge in [0.15, 0.2) is 12.2 Å². The molecule has 2 fully saturated rings. The highest BCUT2D eigenvalue weighted by atomic mass is 16.6. The molecule has 3 aliphatic carbocycles. The maximum Gasteiger partial charge on any atom is 0.338 e. The van der Waals surface area contributed by atoms with Gasteiger partial charge in [-0.05, 0) is 73.6 Å². The van der Waals surface area contributed by atoms with E-state index in [0.717, 1.165) is 5.56 Å². The largest absolute Gasteiger partial charge is 0.462 e. The molecule has 11 heteroatoms. The van der Waals surface area contributed by atoms with Crippen LogP contribution in [0.5, 0.6) is 0 Å². The molecule has 2 aromatic rings. The van der Waals surface area contributed by atoms with Crippen molar-refractivity contribution in [2.45, 2.75) is 104 Å². The Bertz CT molecular complexity index is 1820. The highest BCUT2D eigenvalue weighted by molar-refractivity contribution is 5.90. The van der Waals surface area contributed by atoms with Crippen molar-refractivity contribution in [2.75, 3.05) is 0 Å². The molecule has 1 N–H and O–H groups in total. The Hall–Kier alpha value is -5.03. The first-order chi connectivity index (χ1) is 24.9. The van der Waals surface area contributed by atoms with Gasteiger partial charge in [-0.25, -0.2) is 9.59 Å². The van der Waals surface area contributed by atoms with Gasteiger partial charge in [-0.15, -0.1) is 0 Å². The smallest absolute Gasteiger partial charge is 0.338 e. The summed E-state index contributed by atoms with van der Waals surface area (Å²) in [7, 11) is 0. The van der Waals surface area contributed by atoms with E-state index in [0.29, 0.717) is 16.7 Å². The van der Waals surface area contributed by atoms with Gasteiger partial charge in [-0.2, -0.15) is 0 Å². The number of aliphatic hydroxyl groups is 1. The average Bonchev–Trinajstić information content (AvgIpc) is 3.32. The molecule has 0 saturated heterocycles. The first-order valence-corrected chi connectivity index (χ1v) is 17.7. The fourth-order valence-electron chi connectivity index (χ4n) is 8.64. The zero-order valence-electron chi connectivity index (χ0n) is 31.3. The monoisotopic (exact) mass is 728 g/mol. The fraction of sp³-hybridized carbons (Fsp3) is 0.452. The predicted octanol–water partition coefficient (Wildman–Crippen LogP) is 6.10. The van der Waals surface area contributed by atoms with Gasteiger partial charge in [0.2, 0.25) is 0 Å². The second-order valence-corrected chi connectivity index (χ2v) is 15.0. The van der Waals surface area contributed by atoms with Crippen LogP contribution >= 0.6 is 0 Å². The van der Waals surface area contributed by atoms with Crippen molar-refractivity contribution in [1.82, 2.24) is 0 Å². The van der Waals surface area contributed by atoms with E-state index in [1.54, 1.807) is 64.1 Å². The molecule has 2 aromatic carbocycles. The van der Waals surface area contributed by atoms with Gasteiger partial charge in [0.1, 0.15) is 18.3 Å². The van der Waals surface area contributed by atoms with E-state index < -0.39 is 82.7 Å². The Morgan fingerprint density at radius 2 is 1.40 bits per heavy atom. The number of carbonyl (C=O) groups excluding carboxylic acids is 5. The topological polar surface area (TPSA) is 152 Å². The second-order valence-electron chi connectivity index (χ2n) is 15.0. The molecule has 0 bridgehead atoms. The number of ether oxygens (including phenoxy) is 5. The molecule has 0 heterocycles. The fourth-order valence-corrected chi connectivity index (χ4v) is 8.64. The standard InChI is InChI=1S/C42H48O11/c1-24-31-22-42(40(6,7)48)23-33(49-26(3)43)25(2)36(42)37(53-39(47)30-17-13-10-14-18-30)38(51-28(5)45)41(31,8)34(50-27(4)44)21-32(24)52-35(46)20-19-29-15-11-9-12-16-29/h9-20,31-34,37-38,48H,1,21-23H2,2-8H3/t31?,32-,33-,34-,37+,38-,41-,42-/m0/s1. The maximum atomic E-state index is 14.0. The van der Waals surface area contributed by atoms with Crippen LogP contribution < -0.4 is 0 Å².